The van der Waals surface area contributed by atoms with E-state index < -0.39 is 5.97 Å². The second-order valence-electron chi connectivity index (χ2n) is 3.51. The zero-order valence-electron chi connectivity index (χ0n) is 9.23. The highest BCUT2D eigenvalue weighted by molar-refractivity contribution is 6.05. The number of nitrogens with zero attached hydrogens (tertiary/aromatic N) is 1. The summed E-state index contributed by atoms with van der Waals surface area (Å²) in [4.78, 5) is 11.7. The number of para-hydroxylation sites is 1. The maximum Gasteiger partial charge on any atom is 0.340 e. The van der Waals surface area contributed by atoms with E-state index in [0.717, 1.165) is 4.73 Å². The number of esters is 1. The monoisotopic (exact) mass is 219 g/mol. The molecule has 0 radical (unpaired) electrons. The maximum atomic E-state index is 11.7. The van der Waals surface area contributed by atoms with E-state index >= 15 is 0 Å². The van der Waals surface area contributed by atoms with E-state index in [1.165, 1.54) is 0 Å². The predicted octanol–water partition coefficient (Wildman–Crippen LogP) is 2.36. The van der Waals surface area contributed by atoms with Crippen LogP contribution in [0.25, 0.3) is 10.9 Å². The lowest BCUT2D eigenvalue weighted by Gasteiger charge is -2.01. The van der Waals surface area contributed by atoms with Crippen molar-refractivity contribution in [1.82, 2.24) is 4.73 Å². The van der Waals surface area contributed by atoms with Crippen molar-refractivity contribution in [3.8, 4) is 0 Å². The van der Waals surface area contributed by atoms with Crippen molar-refractivity contribution in [2.75, 3.05) is 6.61 Å². The number of ether oxygens (including phenoxy) is 1. The number of rotatable bonds is 2. The zero-order chi connectivity index (χ0) is 11.7. The molecular weight excluding hydrogens is 206 g/mol. The van der Waals surface area contributed by atoms with Crippen molar-refractivity contribution in [2.45, 2.75) is 13.8 Å². The molecule has 0 bridgehead atoms. The van der Waals surface area contributed by atoms with Crippen molar-refractivity contribution in [1.29, 1.82) is 0 Å². The van der Waals surface area contributed by atoms with Gasteiger partial charge in [-0.25, -0.2) is 4.79 Å². The summed E-state index contributed by atoms with van der Waals surface area (Å²) in [5, 5.41) is 10.5. The number of carbonyl (C=O) groups excluding carboxylic acids is 1. The van der Waals surface area contributed by atoms with Crippen LogP contribution < -0.4 is 0 Å². The van der Waals surface area contributed by atoms with E-state index in [2.05, 4.69) is 0 Å². The number of hydrogen-bond acceptors (Lipinski definition) is 3. The zero-order valence-corrected chi connectivity index (χ0v) is 9.23. The van der Waals surface area contributed by atoms with E-state index in [0.29, 0.717) is 28.8 Å². The largest absolute Gasteiger partial charge is 0.462 e. The molecule has 0 atom stereocenters. The van der Waals surface area contributed by atoms with Gasteiger partial charge in [-0.05, 0) is 19.9 Å². The average molecular weight is 219 g/mol. The van der Waals surface area contributed by atoms with E-state index in [-0.39, 0.29) is 0 Å². The Morgan fingerprint density at radius 2 is 2.12 bits per heavy atom. The van der Waals surface area contributed by atoms with Gasteiger partial charge in [-0.15, -0.1) is 0 Å². The summed E-state index contributed by atoms with van der Waals surface area (Å²) < 4.78 is 5.98. The molecule has 0 unspecified atom stereocenters. The van der Waals surface area contributed by atoms with Gasteiger partial charge in [0, 0.05) is 5.39 Å². The number of fused-ring (bicyclic) bond motifs is 1. The Bertz CT molecular complexity index is 542. The van der Waals surface area contributed by atoms with E-state index in [1.54, 1.807) is 26.0 Å². The van der Waals surface area contributed by atoms with Crippen LogP contribution in [0.5, 0.6) is 0 Å². The molecule has 0 saturated heterocycles. The molecule has 0 aliphatic rings. The molecule has 1 aromatic carbocycles. The minimum Gasteiger partial charge on any atom is -0.462 e. The molecule has 84 valence electrons. The van der Waals surface area contributed by atoms with Gasteiger partial charge in [-0.2, -0.15) is 4.73 Å². The Morgan fingerprint density at radius 3 is 2.81 bits per heavy atom. The molecule has 1 aromatic heterocycles. The molecule has 0 saturated carbocycles. The predicted molar refractivity (Wildman–Crippen MR) is 59.8 cm³/mol. The molecule has 16 heavy (non-hydrogen) atoms. The van der Waals surface area contributed by atoms with Crippen molar-refractivity contribution in [2.24, 2.45) is 0 Å². The van der Waals surface area contributed by atoms with Crippen molar-refractivity contribution >= 4 is 16.9 Å². The lowest BCUT2D eigenvalue weighted by Crippen LogP contribution is -2.06. The molecule has 4 nitrogen and oxygen atoms in total. The Labute approximate surface area is 93.0 Å². The summed E-state index contributed by atoms with van der Waals surface area (Å²) in [5.41, 5.74) is 1.54. The highest BCUT2D eigenvalue weighted by atomic mass is 16.5. The van der Waals surface area contributed by atoms with Gasteiger partial charge in [0.1, 0.15) is 0 Å². The summed E-state index contributed by atoms with van der Waals surface area (Å²) in [7, 11) is 0. The van der Waals surface area contributed by atoms with Crippen LogP contribution in [-0.4, -0.2) is 22.5 Å². The van der Waals surface area contributed by atoms with Crippen LogP contribution >= 0.6 is 0 Å². The molecule has 0 fully saturated rings. The third kappa shape index (κ3) is 1.43. The molecule has 0 aliphatic heterocycles. The summed E-state index contributed by atoms with van der Waals surface area (Å²) in [6.07, 6.45) is 0. The van der Waals surface area contributed by atoms with E-state index in [9.17, 15) is 10.0 Å². The quantitative estimate of drug-likeness (QED) is 0.623. The van der Waals surface area contributed by atoms with Gasteiger partial charge in [0.05, 0.1) is 23.4 Å². The third-order valence-corrected chi connectivity index (χ3v) is 2.56. The van der Waals surface area contributed by atoms with Crippen LogP contribution in [0.2, 0.25) is 0 Å². The van der Waals surface area contributed by atoms with Crippen LogP contribution in [0.15, 0.2) is 24.3 Å². The molecule has 0 aliphatic carbocycles. The molecule has 0 spiro atoms. The Kier molecular flexibility index (Phi) is 2.56. The number of carbonyl (C=O) groups is 1. The lowest BCUT2D eigenvalue weighted by atomic mass is 10.1. The minimum atomic E-state index is -0.399. The summed E-state index contributed by atoms with van der Waals surface area (Å²) in [6.45, 7) is 3.76. The van der Waals surface area contributed by atoms with E-state index in [1.807, 2.05) is 12.1 Å². The smallest absolute Gasteiger partial charge is 0.340 e. The molecule has 2 rings (SSSR count). The van der Waals surface area contributed by atoms with Crippen LogP contribution in [0.3, 0.4) is 0 Å². The Morgan fingerprint density at radius 1 is 1.44 bits per heavy atom. The summed E-state index contributed by atoms with van der Waals surface area (Å²) in [6, 6.07) is 7.18. The van der Waals surface area contributed by atoms with Gasteiger partial charge in [0.25, 0.3) is 0 Å². The molecule has 2 aromatic rings. The fourth-order valence-corrected chi connectivity index (χ4v) is 1.81. The molecule has 0 amide bonds. The second-order valence-corrected chi connectivity index (χ2v) is 3.51. The minimum absolute atomic E-state index is 0.323. The second kappa shape index (κ2) is 3.89. The SMILES string of the molecule is CCOC(=O)c1c(C)n(O)c2ccccc12. The fraction of sp³-hybridized carbons (Fsp3) is 0.250. The molecular formula is C12H13NO3. The molecule has 1 heterocycles. The summed E-state index contributed by atoms with van der Waals surface area (Å²) in [5.74, 6) is -0.399. The first-order valence-corrected chi connectivity index (χ1v) is 5.13. The first-order chi connectivity index (χ1) is 7.66. The van der Waals surface area contributed by atoms with Crippen LogP contribution in [0.1, 0.15) is 23.0 Å². The van der Waals surface area contributed by atoms with E-state index in [4.69, 9.17) is 4.74 Å². The van der Waals surface area contributed by atoms with Gasteiger partial charge in [-0.1, -0.05) is 18.2 Å². The van der Waals surface area contributed by atoms with Crippen LogP contribution in [0, 0.1) is 6.92 Å². The average Bonchev–Trinajstić information content (AvgIpc) is 2.53. The van der Waals surface area contributed by atoms with Gasteiger partial charge in [0.15, 0.2) is 0 Å². The number of benzene rings is 1. The Balaban J connectivity index is 2.68. The lowest BCUT2D eigenvalue weighted by molar-refractivity contribution is 0.0525. The topological polar surface area (TPSA) is 51.5 Å². The van der Waals surface area contributed by atoms with Crippen LogP contribution in [-0.2, 0) is 4.74 Å². The third-order valence-electron chi connectivity index (χ3n) is 2.56. The van der Waals surface area contributed by atoms with Gasteiger partial charge >= 0.3 is 5.97 Å². The van der Waals surface area contributed by atoms with Crippen molar-refractivity contribution < 1.29 is 14.7 Å². The molecule has 1 N–H and O–H groups in total. The van der Waals surface area contributed by atoms with Crippen LogP contribution in [0.4, 0.5) is 0 Å². The van der Waals surface area contributed by atoms with Gasteiger partial charge in [-0.3, -0.25) is 0 Å². The first kappa shape index (κ1) is 10.5. The van der Waals surface area contributed by atoms with Gasteiger partial charge < -0.3 is 9.94 Å². The summed E-state index contributed by atoms with van der Waals surface area (Å²) >= 11 is 0. The van der Waals surface area contributed by atoms with Crippen molar-refractivity contribution in [3.63, 3.8) is 0 Å². The highest BCUT2D eigenvalue weighted by Crippen LogP contribution is 2.24. The molecule has 4 heteroatoms. The van der Waals surface area contributed by atoms with Crippen molar-refractivity contribution in [3.05, 3.63) is 35.5 Å². The normalized spacial score (nSPS) is 10.6. The highest BCUT2D eigenvalue weighted by Gasteiger charge is 2.20. The fourth-order valence-electron chi connectivity index (χ4n) is 1.81. The van der Waals surface area contributed by atoms with Gasteiger partial charge in [0.2, 0.25) is 0 Å². The number of aromatic nitrogens is 1. The first-order valence-electron chi connectivity index (χ1n) is 5.13. The maximum absolute atomic E-state index is 11.7. The standard InChI is InChI=1S/C12H13NO3/c1-3-16-12(14)11-8(2)13(15)10-7-5-4-6-9(10)11/h4-7,15H,3H2,1-2H3. The Hall–Kier alpha value is -1.97. The number of hydrogen-bond donors (Lipinski definition) is 1.